The van der Waals surface area contributed by atoms with Gasteiger partial charge in [-0.3, -0.25) is 4.79 Å². The molecule has 0 aliphatic carbocycles. The summed E-state index contributed by atoms with van der Waals surface area (Å²) in [5.74, 6) is 0.330. The maximum absolute atomic E-state index is 13.3. The zero-order valence-corrected chi connectivity index (χ0v) is 19.8. The van der Waals surface area contributed by atoms with Gasteiger partial charge in [-0.05, 0) is 74.4 Å². The summed E-state index contributed by atoms with van der Waals surface area (Å²) >= 11 is 0. The second-order valence-corrected chi connectivity index (χ2v) is 8.40. The van der Waals surface area contributed by atoms with Crippen molar-refractivity contribution in [3.05, 3.63) is 106 Å². The molecule has 0 aliphatic rings. The lowest BCUT2D eigenvalue weighted by atomic mass is 10.1. The Labute approximate surface area is 203 Å². The topological polar surface area (TPSA) is 74.4 Å². The highest BCUT2D eigenvalue weighted by Crippen LogP contribution is 2.20. The van der Waals surface area contributed by atoms with E-state index in [2.05, 4.69) is 16.4 Å². The number of rotatable bonds is 8. The van der Waals surface area contributed by atoms with Crippen LogP contribution in [0.2, 0.25) is 0 Å². The normalized spacial score (nSPS) is 10.8. The Balaban J connectivity index is 1.60. The van der Waals surface area contributed by atoms with E-state index in [9.17, 15) is 14.0 Å². The van der Waals surface area contributed by atoms with E-state index in [4.69, 9.17) is 4.74 Å². The molecule has 180 valence electrons. The minimum atomic E-state index is -0.381. The lowest BCUT2D eigenvalue weighted by molar-refractivity contribution is 0.209. The number of H-pyrrole nitrogens is 1. The summed E-state index contributed by atoms with van der Waals surface area (Å²) in [6.45, 7) is 4.98. The quantitative estimate of drug-likeness (QED) is 0.347. The Kier molecular flexibility index (Phi) is 7.45. The Morgan fingerprint density at radius 2 is 1.86 bits per heavy atom. The number of carbonyl (C=O) groups excluding carboxylic acids is 1. The van der Waals surface area contributed by atoms with Crippen molar-refractivity contribution in [1.29, 1.82) is 0 Å². The maximum Gasteiger partial charge on any atom is 0.322 e. The van der Waals surface area contributed by atoms with Gasteiger partial charge in [0.2, 0.25) is 0 Å². The van der Waals surface area contributed by atoms with Gasteiger partial charge < -0.3 is 19.9 Å². The van der Waals surface area contributed by atoms with E-state index < -0.39 is 0 Å². The van der Waals surface area contributed by atoms with Crippen LogP contribution in [0.4, 0.5) is 14.9 Å². The van der Waals surface area contributed by atoms with E-state index in [1.165, 1.54) is 24.3 Å². The molecule has 3 aromatic carbocycles. The highest BCUT2D eigenvalue weighted by atomic mass is 19.1. The van der Waals surface area contributed by atoms with Gasteiger partial charge in [-0.15, -0.1) is 0 Å². The summed E-state index contributed by atoms with van der Waals surface area (Å²) in [6, 6.07) is 20.6. The van der Waals surface area contributed by atoms with Crippen LogP contribution >= 0.6 is 0 Å². The number of benzene rings is 3. The molecule has 1 heterocycles. The third-order valence-electron chi connectivity index (χ3n) is 5.70. The fraction of sp³-hybridized carbons (Fsp3) is 0.214. The van der Waals surface area contributed by atoms with Gasteiger partial charge in [-0.25, -0.2) is 9.18 Å². The fourth-order valence-corrected chi connectivity index (χ4v) is 3.93. The lowest BCUT2D eigenvalue weighted by Crippen LogP contribution is -2.37. The molecular weight excluding hydrogens is 445 g/mol. The molecule has 0 unspecified atom stereocenters. The minimum absolute atomic E-state index is 0.114. The first-order valence-corrected chi connectivity index (χ1v) is 11.6. The van der Waals surface area contributed by atoms with Gasteiger partial charge in [-0.2, -0.15) is 0 Å². The van der Waals surface area contributed by atoms with Crippen molar-refractivity contribution in [3.8, 4) is 5.75 Å². The molecule has 0 saturated carbocycles. The summed E-state index contributed by atoms with van der Waals surface area (Å²) in [5, 5.41) is 3.63. The molecule has 4 aromatic rings. The molecule has 0 saturated heterocycles. The smallest absolute Gasteiger partial charge is 0.322 e. The van der Waals surface area contributed by atoms with Gasteiger partial charge in [0.15, 0.2) is 0 Å². The first kappa shape index (κ1) is 24.0. The Morgan fingerprint density at radius 1 is 1.06 bits per heavy atom. The first-order chi connectivity index (χ1) is 16.9. The number of aryl methyl sites for hydroxylation is 1. The van der Waals surface area contributed by atoms with Gasteiger partial charge in [0, 0.05) is 28.7 Å². The zero-order valence-electron chi connectivity index (χ0n) is 19.8. The van der Waals surface area contributed by atoms with Crippen LogP contribution in [0.3, 0.4) is 0 Å². The van der Waals surface area contributed by atoms with E-state index >= 15 is 0 Å². The SMILES string of the molecule is CCOc1ccc2[nH]c(=O)c(CN(CCc3cccc(C)c3)C(=O)Nc3ccc(F)cc3)cc2c1. The molecular formula is C28H28FN3O3. The molecule has 0 spiro atoms. The molecule has 0 fully saturated rings. The Morgan fingerprint density at radius 3 is 2.60 bits per heavy atom. The largest absolute Gasteiger partial charge is 0.494 e. The van der Waals surface area contributed by atoms with Crippen LogP contribution in [-0.2, 0) is 13.0 Å². The Bertz CT molecular complexity index is 1380. The average molecular weight is 474 g/mol. The van der Waals surface area contributed by atoms with Crippen LogP contribution < -0.4 is 15.6 Å². The Hall–Kier alpha value is -4.13. The summed E-state index contributed by atoms with van der Waals surface area (Å²) in [4.78, 5) is 30.5. The van der Waals surface area contributed by atoms with Crippen molar-refractivity contribution in [2.75, 3.05) is 18.5 Å². The van der Waals surface area contributed by atoms with E-state index in [1.54, 1.807) is 11.0 Å². The number of nitrogens with zero attached hydrogens (tertiary/aromatic N) is 1. The number of anilines is 1. The molecule has 4 rings (SSSR count). The van der Waals surface area contributed by atoms with E-state index in [0.717, 1.165) is 16.5 Å². The molecule has 0 atom stereocenters. The molecule has 0 radical (unpaired) electrons. The molecule has 2 N–H and O–H groups in total. The number of amides is 2. The summed E-state index contributed by atoms with van der Waals surface area (Å²) in [6.07, 6.45) is 0.624. The van der Waals surface area contributed by atoms with E-state index in [1.807, 2.05) is 50.2 Å². The molecule has 1 aromatic heterocycles. The average Bonchev–Trinajstić information content (AvgIpc) is 2.84. The molecule has 0 aliphatic heterocycles. The summed E-state index contributed by atoms with van der Waals surface area (Å²) < 4.78 is 18.9. The van der Waals surface area contributed by atoms with E-state index in [0.29, 0.717) is 42.1 Å². The minimum Gasteiger partial charge on any atom is -0.494 e. The first-order valence-electron chi connectivity index (χ1n) is 11.6. The van der Waals surface area contributed by atoms with Crippen LogP contribution in [0.25, 0.3) is 10.9 Å². The van der Waals surface area contributed by atoms with Gasteiger partial charge in [0.25, 0.3) is 5.56 Å². The number of aromatic amines is 1. The number of aromatic nitrogens is 1. The third-order valence-corrected chi connectivity index (χ3v) is 5.70. The van der Waals surface area contributed by atoms with Crippen LogP contribution in [0.15, 0.2) is 77.6 Å². The monoisotopic (exact) mass is 473 g/mol. The molecule has 2 amide bonds. The molecule has 0 bridgehead atoms. The van der Waals surface area contributed by atoms with Crippen LogP contribution in [0.5, 0.6) is 5.75 Å². The van der Waals surface area contributed by atoms with Gasteiger partial charge in [-0.1, -0.05) is 29.8 Å². The predicted molar refractivity (Wildman–Crippen MR) is 136 cm³/mol. The highest BCUT2D eigenvalue weighted by molar-refractivity contribution is 5.89. The number of hydrogen-bond acceptors (Lipinski definition) is 3. The number of carbonyl (C=O) groups is 1. The number of ether oxygens (including phenoxy) is 1. The number of hydrogen-bond donors (Lipinski definition) is 2. The number of halogens is 1. The molecule has 6 nitrogen and oxygen atoms in total. The third kappa shape index (κ3) is 6.26. The standard InChI is InChI=1S/C28H28FN3O3/c1-3-35-25-11-12-26-21(17-25)16-22(27(33)31-26)18-32(14-13-20-6-4-5-19(2)15-20)28(34)30-24-9-7-23(29)8-10-24/h4-12,15-17H,3,13-14,18H2,1-2H3,(H,30,34)(H,31,33). The molecule has 7 heteroatoms. The van der Waals surface area contributed by atoms with Crippen molar-refractivity contribution >= 4 is 22.6 Å². The second kappa shape index (κ2) is 10.9. The van der Waals surface area contributed by atoms with E-state index in [-0.39, 0.29) is 24.0 Å². The van der Waals surface area contributed by atoms with Crippen LogP contribution in [0.1, 0.15) is 23.6 Å². The van der Waals surface area contributed by atoms with Crippen molar-refractivity contribution in [2.24, 2.45) is 0 Å². The maximum atomic E-state index is 13.3. The summed E-state index contributed by atoms with van der Waals surface area (Å²) in [7, 11) is 0. The van der Waals surface area contributed by atoms with Crippen molar-refractivity contribution in [1.82, 2.24) is 9.88 Å². The number of nitrogens with one attached hydrogen (secondary N) is 2. The van der Waals surface area contributed by atoms with Crippen molar-refractivity contribution < 1.29 is 13.9 Å². The van der Waals surface area contributed by atoms with Gasteiger partial charge in [0.05, 0.1) is 13.2 Å². The van der Waals surface area contributed by atoms with Crippen molar-refractivity contribution in [3.63, 3.8) is 0 Å². The van der Waals surface area contributed by atoms with Gasteiger partial charge >= 0.3 is 6.03 Å². The van der Waals surface area contributed by atoms with Crippen LogP contribution in [-0.4, -0.2) is 29.1 Å². The van der Waals surface area contributed by atoms with Crippen molar-refractivity contribution in [2.45, 2.75) is 26.8 Å². The number of fused-ring (bicyclic) bond motifs is 1. The summed E-state index contributed by atoms with van der Waals surface area (Å²) in [5.41, 5.74) is 3.62. The lowest BCUT2D eigenvalue weighted by Gasteiger charge is -2.23. The molecule has 35 heavy (non-hydrogen) atoms. The van der Waals surface area contributed by atoms with Gasteiger partial charge in [0.1, 0.15) is 11.6 Å². The fourth-order valence-electron chi connectivity index (χ4n) is 3.93. The number of urea groups is 1. The predicted octanol–water partition coefficient (Wildman–Crippen LogP) is 5.65. The second-order valence-electron chi connectivity index (χ2n) is 8.40. The zero-order chi connectivity index (χ0) is 24.8. The van der Waals surface area contributed by atoms with Crippen LogP contribution in [0, 0.1) is 12.7 Å². The highest BCUT2D eigenvalue weighted by Gasteiger charge is 2.17. The number of pyridine rings is 1.